The molecule has 1 unspecified atom stereocenters. The van der Waals surface area contributed by atoms with Crippen molar-refractivity contribution in [3.05, 3.63) is 42.5 Å². The molecule has 17 heavy (non-hydrogen) atoms. The summed E-state index contributed by atoms with van der Waals surface area (Å²) >= 11 is 0. The van der Waals surface area contributed by atoms with Crippen molar-refractivity contribution in [3.8, 4) is 0 Å². The number of para-hydroxylation sites is 1. The summed E-state index contributed by atoms with van der Waals surface area (Å²) in [7, 11) is 0. The van der Waals surface area contributed by atoms with Crippen molar-refractivity contribution in [2.45, 2.75) is 38.3 Å². The zero-order chi connectivity index (χ0) is 12.3. The minimum absolute atomic E-state index is 0.136. The predicted molar refractivity (Wildman–Crippen MR) is 74.2 cm³/mol. The maximum Gasteiger partial charge on any atom is 0.0419 e. The van der Waals surface area contributed by atoms with Crippen LogP contribution in [0.3, 0.4) is 0 Å². The Hall–Kier alpha value is -1.28. The van der Waals surface area contributed by atoms with Crippen LogP contribution in [-0.4, -0.2) is 12.6 Å². The van der Waals surface area contributed by atoms with Crippen LogP contribution in [0.25, 0.3) is 0 Å². The summed E-state index contributed by atoms with van der Waals surface area (Å²) in [5.41, 5.74) is 8.76. The highest BCUT2D eigenvalue weighted by molar-refractivity contribution is 5.57. The Bertz CT molecular complexity index is 382. The molecule has 0 heterocycles. The summed E-state index contributed by atoms with van der Waals surface area (Å²) in [6, 6.07) is 9.34. The van der Waals surface area contributed by atoms with Gasteiger partial charge in [-0.15, -0.1) is 6.58 Å². The van der Waals surface area contributed by atoms with Gasteiger partial charge < -0.3 is 10.6 Å². The summed E-state index contributed by atoms with van der Waals surface area (Å²) in [5.74, 6) is 0. The summed E-state index contributed by atoms with van der Waals surface area (Å²) in [4.78, 5) is 2.44. The average Bonchev–Trinajstić information content (AvgIpc) is 3.19. The van der Waals surface area contributed by atoms with Crippen LogP contribution in [-0.2, 0) is 0 Å². The van der Waals surface area contributed by atoms with Crippen molar-refractivity contribution in [1.82, 2.24) is 0 Å². The number of anilines is 1. The second-order valence-corrected chi connectivity index (χ2v) is 4.75. The molecule has 92 valence electrons. The van der Waals surface area contributed by atoms with Crippen LogP contribution in [0.1, 0.15) is 37.8 Å². The molecule has 1 aliphatic rings. The van der Waals surface area contributed by atoms with Crippen LogP contribution in [0.4, 0.5) is 5.69 Å². The van der Waals surface area contributed by atoms with E-state index >= 15 is 0 Å². The van der Waals surface area contributed by atoms with Crippen molar-refractivity contribution in [3.63, 3.8) is 0 Å². The number of nitrogens with zero attached hydrogens (tertiary/aromatic N) is 1. The number of hydrogen-bond donors (Lipinski definition) is 1. The summed E-state index contributed by atoms with van der Waals surface area (Å²) < 4.78 is 0. The molecule has 0 spiro atoms. The SMILES string of the molecule is C=CCN(c1ccccc1C(N)CC)C1CC1. The maximum atomic E-state index is 6.20. The lowest BCUT2D eigenvalue weighted by Crippen LogP contribution is -2.28. The zero-order valence-electron chi connectivity index (χ0n) is 10.6. The van der Waals surface area contributed by atoms with Crippen LogP contribution < -0.4 is 10.6 Å². The molecule has 2 nitrogen and oxygen atoms in total. The number of hydrogen-bond acceptors (Lipinski definition) is 2. The summed E-state index contributed by atoms with van der Waals surface area (Å²) in [5, 5.41) is 0. The molecule has 2 N–H and O–H groups in total. The highest BCUT2D eigenvalue weighted by Crippen LogP contribution is 2.35. The van der Waals surface area contributed by atoms with Crippen molar-refractivity contribution in [1.29, 1.82) is 0 Å². The van der Waals surface area contributed by atoms with Gasteiger partial charge in [-0.2, -0.15) is 0 Å². The van der Waals surface area contributed by atoms with E-state index in [1.54, 1.807) is 0 Å². The molecule has 0 bridgehead atoms. The van der Waals surface area contributed by atoms with E-state index in [2.05, 4.69) is 42.7 Å². The molecule has 0 aromatic heterocycles. The normalized spacial score (nSPS) is 16.6. The van der Waals surface area contributed by atoms with Gasteiger partial charge >= 0.3 is 0 Å². The monoisotopic (exact) mass is 230 g/mol. The van der Waals surface area contributed by atoms with E-state index in [9.17, 15) is 0 Å². The van der Waals surface area contributed by atoms with Gasteiger partial charge in [0.2, 0.25) is 0 Å². The molecule has 1 aromatic carbocycles. The quantitative estimate of drug-likeness (QED) is 0.760. The van der Waals surface area contributed by atoms with Gasteiger partial charge in [0.05, 0.1) is 0 Å². The van der Waals surface area contributed by atoms with Crippen LogP contribution in [0, 0.1) is 0 Å². The first kappa shape index (κ1) is 12.2. The summed E-state index contributed by atoms with van der Waals surface area (Å²) in [6.07, 6.45) is 5.54. The minimum Gasteiger partial charge on any atom is -0.365 e. The third-order valence-corrected chi connectivity index (χ3v) is 3.40. The predicted octanol–water partition coefficient (Wildman–Crippen LogP) is 3.25. The third-order valence-electron chi connectivity index (χ3n) is 3.40. The Labute approximate surface area is 104 Å². The fraction of sp³-hybridized carbons (Fsp3) is 0.467. The van der Waals surface area contributed by atoms with Gasteiger partial charge in [0, 0.05) is 24.3 Å². The Morgan fingerprint density at radius 1 is 1.47 bits per heavy atom. The van der Waals surface area contributed by atoms with Crippen molar-refractivity contribution >= 4 is 5.69 Å². The zero-order valence-corrected chi connectivity index (χ0v) is 10.6. The van der Waals surface area contributed by atoms with Gasteiger partial charge in [-0.1, -0.05) is 31.2 Å². The van der Waals surface area contributed by atoms with Crippen LogP contribution >= 0.6 is 0 Å². The van der Waals surface area contributed by atoms with Gasteiger partial charge in [-0.05, 0) is 30.9 Å². The van der Waals surface area contributed by atoms with E-state index in [1.807, 2.05) is 6.08 Å². The third kappa shape index (κ3) is 2.70. The second kappa shape index (κ2) is 5.37. The largest absolute Gasteiger partial charge is 0.365 e. The number of rotatable bonds is 6. The number of nitrogens with two attached hydrogens (primary N) is 1. The van der Waals surface area contributed by atoms with Crippen LogP contribution in [0.15, 0.2) is 36.9 Å². The molecule has 2 heteroatoms. The van der Waals surface area contributed by atoms with Crippen molar-refractivity contribution in [2.75, 3.05) is 11.4 Å². The molecule has 1 atom stereocenters. The lowest BCUT2D eigenvalue weighted by atomic mass is 10.0. The molecule has 0 saturated heterocycles. The molecule has 1 saturated carbocycles. The van der Waals surface area contributed by atoms with Gasteiger partial charge in [-0.3, -0.25) is 0 Å². The van der Waals surface area contributed by atoms with E-state index in [-0.39, 0.29) is 6.04 Å². The Kier molecular flexibility index (Phi) is 3.85. The molecule has 1 aromatic rings. The molecule has 0 amide bonds. The van der Waals surface area contributed by atoms with Gasteiger partial charge in [0.1, 0.15) is 0 Å². The maximum absolute atomic E-state index is 6.20. The standard InChI is InChI=1S/C15H22N2/c1-3-11-17(12-9-10-12)15-8-6-5-7-13(15)14(16)4-2/h3,5-8,12,14H,1,4,9-11,16H2,2H3. The molecule has 0 radical (unpaired) electrons. The van der Waals surface area contributed by atoms with E-state index in [0.29, 0.717) is 6.04 Å². The lowest BCUT2D eigenvalue weighted by Gasteiger charge is -2.27. The van der Waals surface area contributed by atoms with Crippen LogP contribution in [0.2, 0.25) is 0 Å². The minimum atomic E-state index is 0.136. The van der Waals surface area contributed by atoms with E-state index in [1.165, 1.54) is 24.1 Å². The fourth-order valence-electron chi connectivity index (χ4n) is 2.25. The van der Waals surface area contributed by atoms with Gasteiger partial charge in [0.15, 0.2) is 0 Å². The van der Waals surface area contributed by atoms with Crippen molar-refractivity contribution in [2.24, 2.45) is 5.73 Å². The topological polar surface area (TPSA) is 29.3 Å². The lowest BCUT2D eigenvalue weighted by molar-refractivity contribution is 0.691. The van der Waals surface area contributed by atoms with Crippen LogP contribution in [0.5, 0.6) is 0 Å². The summed E-state index contributed by atoms with van der Waals surface area (Å²) in [6.45, 7) is 6.91. The smallest absolute Gasteiger partial charge is 0.0419 e. The van der Waals surface area contributed by atoms with E-state index in [4.69, 9.17) is 5.73 Å². The number of benzene rings is 1. The second-order valence-electron chi connectivity index (χ2n) is 4.75. The molecule has 0 aliphatic heterocycles. The Balaban J connectivity index is 2.31. The van der Waals surface area contributed by atoms with E-state index < -0.39 is 0 Å². The average molecular weight is 230 g/mol. The van der Waals surface area contributed by atoms with Crippen molar-refractivity contribution < 1.29 is 0 Å². The molecular weight excluding hydrogens is 208 g/mol. The fourth-order valence-corrected chi connectivity index (χ4v) is 2.25. The Morgan fingerprint density at radius 3 is 2.76 bits per heavy atom. The molecule has 1 fully saturated rings. The van der Waals surface area contributed by atoms with Gasteiger partial charge in [-0.25, -0.2) is 0 Å². The first-order valence-corrected chi connectivity index (χ1v) is 6.50. The highest BCUT2D eigenvalue weighted by atomic mass is 15.2. The highest BCUT2D eigenvalue weighted by Gasteiger charge is 2.30. The van der Waals surface area contributed by atoms with Gasteiger partial charge in [0.25, 0.3) is 0 Å². The van der Waals surface area contributed by atoms with E-state index in [0.717, 1.165) is 13.0 Å². The first-order chi connectivity index (χ1) is 8.27. The molecule has 2 rings (SSSR count). The Morgan fingerprint density at radius 2 is 2.18 bits per heavy atom. The molecular formula is C15H22N2. The molecule has 1 aliphatic carbocycles. The first-order valence-electron chi connectivity index (χ1n) is 6.50.